The average molecular weight is 413 g/mol. The van der Waals surface area contributed by atoms with Gasteiger partial charge < -0.3 is 4.18 Å². The fraction of sp³-hybridized carbons (Fsp3) is 0.467. The van der Waals surface area contributed by atoms with Gasteiger partial charge in [-0.2, -0.15) is 8.39 Å². The van der Waals surface area contributed by atoms with E-state index in [1.807, 2.05) is 6.08 Å². The van der Waals surface area contributed by atoms with Crippen LogP contribution in [0.5, 0.6) is 5.75 Å². The van der Waals surface area contributed by atoms with E-state index in [2.05, 4.69) is 13.1 Å². The minimum atomic E-state index is -5.07. The van der Waals surface area contributed by atoms with Gasteiger partial charge in [0, 0.05) is 6.04 Å². The summed E-state index contributed by atoms with van der Waals surface area (Å²) >= 11 is -3.00. The molecule has 1 N–H and O–H groups in total. The van der Waals surface area contributed by atoms with Gasteiger partial charge in [-0.3, -0.25) is 0 Å². The van der Waals surface area contributed by atoms with Gasteiger partial charge >= 0.3 is 17.7 Å². The highest BCUT2D eigenvalue weighted by molar-refractivity contribution is 7.89. The van der Waals surface area contributed by atoms with Crippen molar-refractivity contribution < 1.29 is 34.2 Å². The molecular weight excluding hydrogens is 395 g/mol. The first-order valence-corrected chi connectivity index (χ1v) is 10.4. The van der Waals surface area contributed by atoms with Gasteiger partial charge in [-0.25, -0.2) is 13.1 Å². The summed E-state index contributed by atoms with van der Waals surface area (Å²) in [6.07, 6.45) is -1.33. The monoisotopic (exact) mass is 413 g/mol. The molecule has 1 aliphatic rings. The smallest absolute Gasteiger partial charge is 0.380 e. The van der Waals surface area contributed by atoms with Gasteiger partial charge in [-0.15, -0.1) is 13.2 Å². The normalized spacial score (nSPS) is 19.2. The first kappa shape index (κ1) is 20.9. The highest BCUT2D eigenvalue weighted by atomic mass is 32.2. The van der Waals surface area contributed by atoms with Crippen LogP contribution in [0.4, 0.5) is 13.2 Å². The Morgan fingerprint density at radius 2 is 1.92 bits per heavy atom. The fourth-order valence-electron chi connectivity index (χ4n) is 2.56. The molecule has 0 aromatic heterocycles. The van der Waals surface area contributed by atoms with Crippen LogP contribution in [0.2, 0.25) is 0 Å². The van der Waals surface area contributed by atoms with Crippen molar-refractivity contribution in [2.45, 2.75) is 38.6 Å². The summed E-state index contributed by atoms with van der Waals surface area (Å²) in [5, 5.41) is 0. The van der Waals surface area contributed by atoms with E-state index in [9.17, 15) is 25.8 Å². The van der Waals surface area contributed by atoms with Crippen LogP contribution in [0.25, 0.3) is 5.57 Å². The molecule has 0 amide bonds. The van der Waals surface area contributed by atoms with Crippen LogP contribution in [0.3, 0.4) is 0 Å². The molecule has 0 heterocycles. The third-order valence-electron chi connectivity index (χ3n) is 3.50. The lowest BCUT2D eigenvalue weighted by Crippen LogP contribution is -2.35. The Kier molecular flexibility index (Phi) is 6.83. The predicted molar refractivity (Wildman–Crippen MR) is 90.6 cm³/mol. The Hall–Kier alpha value is -1.43. The van der Waals surface area contributed by atoms with Gasteiger partial charge in [0.2, 0.25) is 10.0 Å². The van der Waals surface area contributed by atoms with Crippen molar-refractivity contribution in [2.75, 3.05) is 5.75 Å². The lowest BCUT2D eigenvalue weighted by Gasteiger charge is -2.17. The third kappa shape index (κ3) is 6.38. The zero-order valence-electron chi connectivity index (χ0n) is 13.8. The standard InChI is InChI=1S/C15H18F3NO5S2/c1-2-10-26(21,22)19-14-5-3-4-13(14)11-6-8-12(9-7-11)23-25(20)24-15(16,17)18/h4,6-9,14,19H,2-3,5,10H2,1H3. The van der Waals surface area contributed by atoms with Crippen molar-refractivity contribution in [1.82, 2.24) is 4.72 Å². The molecule has 146 valence electrons. The number of hydrogen-bond donors (Lipinski definition) is 1. The molecule has 0 aliphatic heterocycles. The number of rotatable bonds is 8. The summed E-state index contributed by atoms with van der Waals surface area (Å²) < 4.78 is 81.3. The summed E-state index contributed by atoms with van der Waals surface area (Å²) in [6, 6.07) is 5.42. The number of halogens is 3. The molecule has 1 aromatic rings. The van der Waals surface area contributed by atoms with Gasteiger partial charge in [0.15, 0.2) is 0 Å². The van der Waals surface area contributed by atoms with Crippen LogP contribution in [0.1, 0.15) is 31.7 Å². The Morgan fingerprint density at radius 1 is 1.27 bits per heavy atom. The second-order valence-electron chi connectivity index (χ2n) is 5.57. The van der Waals surface area contributed by atoms with Crippen LogP contribution in [0.15, 0.2) is 30.3 Å². The Balaban J connectivity index is 2.04. The molecule has 11 heteroatoms. The molecular formula is C15H18F3NO5S2. The second kappa shape index (κ2) is 8.51. The molecule has 0 saturated carbocycles. The molecule has 26 heavy (non-hydrogen) atoms. The largest absolute Gasteiger partial charge is 0.537 e. The zero-order valence-corrected chi connectivity index (χ0v) is 15.4. The second-order valence-corrected chi connectivity index (χ2v) is 8.18. The molecule has 2 unspecified atom stereocenters. The molecule has 0 bridgehead atoms. The molecule has 6 nitrogen and oxygen atoms in total. The molecule has 0 fully saturated rings. The number of nitrogens with one attached hydrogen (secondary N) is 1. The van der Waals surface area contributed by atoms with Crippen molar-refractivity contribution in [2.24, 2.45) is 0 Å². The van der Waals surface area contributed by atoms with E-state index in [0.29, 0.717) is 24.8 Å². The maximum Gasteiger partial charge on any atom is 0.537 e. The SMILES string of the molecule is CCCS(=O)(=O)NC1CCC=C1c1ccc(OS(=O)OC(F)(F)F)cc1. The highest BCUT2D eigenvalue weighted by Crippen LogP contribution is 2.30. The van der Waals surface area contributed by atoms with Gasteiger partial charge in [0.05, 0.1) is 5.75 Å². The number of hydrogen-bond acceptors (Lipinski definition) is 5. The summed E-state index contributed by atoms with van der Waals surface area (Å²) in [5.41, 5.74) is 1.48. The molecule has 0 spiro atoms. The highest BCUT2D eigenvalue weighted by Gasteiger charge is 2.34. The maximum absolute atomic E-state index is 12.0. The quantitative estimate of drug-likeness (QED) is 0.708. The van der Waals surface area contributed by atoms with Gasteiger partial charge in [0.1, 0.15) is 5.75 Å². The van der Waals surface area contributed by atoms with Crippen LogP contribution in [-0.4, -0.2) is 30.8 Å². The average Bonchev–Trinajstić information content (AvgIpc) is 2.93. The van der Waals surface area contributed by atoms with Crippen molar-refractivity contribution in [1.29, 1.82) is 0 Å². The zero-order chi connectivity index (χ0) is 19.4. The number of benzene rings is 1. The number of sulfonamides is 1. The molecule has 0 radical (unpaired) electrons. The Labute approximate surface area is 152 Å². The molecule has 1 aromatic carbocycles. The van der Waals surface area contributed by atoms with Gasteiger partial charge in [-0.05, 0) is 42.5 Å². The third-order valence-corrected chi connectivity index (χ3v) is 5.75. The summed E-state index contributed by atoms with van der Waals surface area (Å²) in [4.78, 5) is 0. The Morgan fingerprint density at radius 3 is 2.50 bits per heavy atom. The topological polar surface area (TPSA) is 81.7 Å². The molecule has 2 rings (SSSR count). The van der Waals surface area contributed by atoms with E-state index in [4.69, 9.17) is 0 Å². The molecule has 2 atom stereocenters. The van der Waals surface area contributed by atoms with Crippen molar-refractivity contribution in [3.63, 3.8) is 0 Å². The van der Waals surface area contributed by atoms with E-state index in [-0.39, 0.29) is 17.5 Å². The van der Waals surface area contributed by atoms with E-state index >= 15 is 0 Å². The Bertz CT molecular complexity index is 775. The van der Waals surface area contributed by atoms with Gasteiger partial charge in [-0.1, -0.05) is 25.1 Å². The lowest BCUT2D eigenvalue weighted by molar-refractivity contribution is -0.271. The summed E-state index contributed by atoms with van der Waals surface area (Å²) in [6.45, 7) is 1.77. The van der Waals surface area contributed by atoms with Crippen molar-refractivity contribution in [3.05, 3.63) is 35.9 Å². The fourth-order valence-corrected chi connectivity index (χ4v) is 4.35. The van der Waals surface area contributed by atoms with Crippen molar-refractivity contribution >= 4 is 27.0 Å². The molecule has 1 aliphatic carbocycles. The minimum Gasteiger partial charge on any atom is -0.380 e. The van der Waals surface area contributed by atoms with Crippen molar-refractivity contribution in [3.8, 4) is 5.75 Å². The number of alkyl halides is 3. The predicted octanol–water partition coefficient (Wildman–Crippen LogP) is 3.06. The molecule has 0 saturated heterocycles. The maximum atomic E-state index is 12.0. The first-order chi connectivity index (χ1) is 12.1. The van der Waals surface area contributed by atoms with E-state index in [1.54, 1.807) is 19.1 Å². The van der Waals surface area contributed by atoms with Crippen LogP contribution < -0.4 is 8.91 Å². The van der Waals surface area contributed by atoms with E-state index < -0.39 is 27.7 Å². The van der Waals surface area contributed by atoms with Gasteiger partial charge in [0.25, 0.3) is 0 Å². The number of allylic oxidation sites excluding steroid dienone is 1. The van der Waals surface area contributed by atoms with Crippen LogP contribution in [0, 0.1) is 0 Å². The minimum absolute atomic E-state index is 0.0363. The summed E-state index contributed by atoms with van der Waals surface area (Å²) in [7, 11) is -3.38. The van der Waals surface area contributed by atoms with Crippen LogP contribution in [-0.2, 0) is 25.6 Å². The first-order valence-electron chi connectivity index (χ1n) is 7.76. The van der Waals surface area contributed by atoms with E-state index in [0.717, 1.165) is 5.57 Å². The van der Waals surface area contributed by atoms with E-state index in [1.165, 1.54) is 12.1 Å². The lowest BCUT2D eigenvalue weighted by atomic mass is 10.0. The summed E-state index contributed by atoms with van der Waals surface area (Å²) in [5.74, 6) is -0.0350. The van der Waals surface area contributed by atoms with Crippen LogP contribution >= 0.6 is 0 Å².